The van der Waals surface area contributed by atoms with Crippen LogP contribution < -0.4 is 16.2 Å². The summed E-state index contributed by atoms with van der Waals surface area (Å²) in [6.45, 7) is 0.324. The number of rotatable bonds is 3. The summed E-state index contributed by atoms with van der Waals surface area (Å²) in [6.07, 6.45) is 0. The molecule has 70 valence electrons. The van der Waals surface area contributed by atoms with Crippen molar-refractivity contribution >= 4 is 5.91 Å². The summed E-state index contributed by atoms with van der Waals surface area (Å²) < 4.78 is 5.05. The third-order valence-corrected chi connectivity index (χ3v) is 1.79. The summed E-state index contributed by atoms with van der Waals surface area (Å²) in [7, 11) is 1.49. The summed E-state index contributed by atoms with van der Waals surface area (Å²) in [5.41, 5.74) is 11.8. The first-order valence-corrected chi connectivity index (χ1v) is 3.86. The van der Waals surface area contributed by atoms with Crippen LogP contribution in [0.25, 0.3) is 0 Å². The average molecular weight is 180 g/mol. The molecule has 4 nitrogen and oxygen atoms in total. The highest BCUT2D eigenvalue weighted by Crippen LogP contribution is 2.22. The summed E-state index contributed by atoms with van der Waals surface area (Å²) in [6, 6.07) is 5.14. The number of hydrogen-bond donors (Lipinski definition) is 2. The van der Waals surface area contributed by atoms with Gasteiger partial charge in [0.15, 0.2) is 0 Å². The Bertz CT molecular complexity index is 323. The van der Waals surface area contributed by atoms with Gasteiger partial charge in [-0.2, -0.15) is 0 Å². The highest BCUT2D eigenvalue weighted by atomic mass is 16.5. The van der Waals surface area contributed by atoms with Crippen molar-refractivity contribution in [3.8, 4) is 5.75 Å². The minimum atomic E-state index is -0.507. The van der Waals surface area contributed by atoms with E-state index in [4.69, 9.17) is 16.2 Å². The van der Waals surface area contributed by atoms with Crippen molar-refractivity contribution in [1.82, 2.24) is 0 Å². The molecule has 0 aliphatic rings. The van der Waals surface area contributed by atoms with E-state index in [2.05, 4.69) is 0 Å². The maximum atomic E-state index is 11.0. The van der Waals surface area contributed by atoms with Crippen LogP contribution in [0.2, 0.25) is 0 Å². The number of carbonyl (C=O) groups is 1. The zero-order valence-electron chi connectivity index (χ0n) is 7.41. The van der Waals surface area contributed by atoms with E-state index < -0.39 is 5.91 Å². The Balaban J connectivity index is 3.27. The maximum absolute atomic E-state index is 11.0. The maximum Gasteiger partial charge on any atom is 0.252 e. The molecule has 0 heterocycles. The zero-order chi connectivity index (χ0) is 9.84. The quantitative estimate of drug-likeness (QED) is 0.700. The van der Waals surface area contributed by atoms with Gasteiger partial charge >= 0.3 is 0 Å². The Hall–Kier alpha value is -1.55. The number of nitrogens with two attached hydrogens (primary N) is 2. The summed E-state index contributed by atoms with van der Waals surface area (Å²) in [5, 5.41) is 0. The van der Waals surface area contributed by atoms with E-state index in [-0.39, 0.29) is 0 Å². The van der Waals surface area contributed by atoms with E-state index >= 15 is 0 Å². The van der Waals surface area contributed by atoms with Crippen LogP contribution in [0.15, 0.2) is 18.2 Å². The third-order valence-electron chi connectivity index (χ3n) is 1.79. The number of hydrogen-bond acceptors (Lipinski definition) is 3. The second-order valence-electron chi connectivity index (χ2n) is 2.57. The first kappa shape index (κ1) is 9.54. The fourth-order valence-electron chi connectivity index (χ4n) is 1.18. The van der Waals surface area contributed by atoms with Crippen LogP contribution in [0.1, 0.15) is 15.9 Å². The van der Waals surface area contributed by atoms with Gasteiger partial charge < -0.3 is 16.2 Å². The van der Waals surface area contributed by atoms with Crippen molar-refractivity contribution < 1.29 is 9.53 Å². The number of primary amides is 1. The second-order valence-corrected chi connectivity index (χ2v) is 2.57. The zero-order valence-corrected chi connectivity index (χ0v) is 7.41. The van der Waals surface area contributed by atoms with Crippen molar-refractivity contribution in [2.24, 2.45) is 11.5 Å². The Morgan fingerprint density at radius 3 is 2.69 bits per heavy atom. The molecule has 0 saturated carbocycles. The fraction of sp³-hybridized carbons (Fsp3) is 0.222. The first-order chi connectivity index (χ1) is 6.20. The van der Waals surface area contributed by atoms with Crippen molar-refractivity contribution in [2.45, 2.75) is 6.54 Å². The van der Waals surface area contributed by atoms with Crippen LogP contribution in [0.3, 0.4) is 0 Å². The molecule has 4 heteroatoms. The van der Waals surface area contributed by atoms with E-state index in [0.29, 0.717) is 17.9 Å². The van der Waals surface area contributed by atoms with Crippen molar-refractivity contribution in [3.05, 3.63) is 29.3 Å². The Morgan fingerprint density at radius 1 is 1.54 bits per heavy atom. The Morgan fingerprint density at radius 2 is 2.23 bits per heavy atom. The van der Waals surface area contributed by atoms with Gasteiger partial charge in [0.05, 0.1) is 12.7 Å². The van der Waals surface area contributed by atoms with Crippen molar-refractivity contribution in [3.63, 3.8) is 0 Å². The number of para-hydroxylation sites is 1. The van der Waals surface area contributed by atoms with Gasteiger partial charge in [-0.1, -0.05) is 12.1 Å². The lowest BCUT2D eigenvalue weighted by molar-refractivity contribution is 0.0997. The summed E-state index contributed by atoms with van der Waals surface area (Å²) in [5.74, 6) is -0.0374. The van der Waals surface area contributed by atoms with Gasteiger partial charge in [-0.3, -0.25) is 4.79 Å². The van der Waals surface area contributed by atoms with Crippen molar-refractivity contribution in [2.75, 3.05) is 7.11 Å². The van der Waals surface area contributed by atoms with E-state index in [9.17, 15) is 4.79 Å². The number of methoxy groups -OCH3 is 1. The van der Waals surface area contributed by atoms with Crippen LogP contribution in [0.5, 0.6) is 5.75 Å². The van der Waals surface area contributed by atoms with E-state index in [1.54, 1.807) is 18.2 Å². The minimum Gasteiger partial charge on any atom is -0.496 e. The second kappa shape index (κ2) is 3.91. The van der Waals surface area contributed by atoms with Crippen LogP contribution in [0, 0.1) is 0 Å². The number of ether oxygens (including phenoxy) is 1. The van der Waals surface area contributed by atoms with Gasteiger partial charge in [-0.05, 0) is 6.07 Å². The smallest absolute Gasteiger partial charge is 0.252 e. The van der Waals surface area contributed by atoms with Gasteiger partial charge in [-0.25, -0.2) is 0 Å². The fourth-order valence-corrected chi connectivity index (χ4v) is 1.18. The molecule has 0 spiro atoms. The molecule has 0 saturated heterocycles. The van der Waals surface area contributed by atoms with Gasteiger partial charge in [0.1, 0.15) is 5.75 Å². The molecule has 0 fully saturated rings. The lowest BCUT2D eigenvalue weighted by Gasteiger charge is -2.09. The highest BCUT2D eigenvalue weighted by Gasteiger charge is 2.11. The lowest BCUT2D eigenvalue weighted by Crippen LogP contribution is -2.14. The highest BCUT2D eigenvalue weighted by molar-refractivity contribution is 5.96. The largest absolute Gasteiger partial charge is 0.496 e. The third kappa shape index (κ3) is 1.78. The van der Waals surface area contributed by atoms with Crippen molar-refractivity contribution in [1.29, 1.82) is 0 Å². The molecule has 1 rings (SSSR count). The Labute approximate surface area is 76.5 Å². The number of amides is 1. The monoisotopic (exact) mass is 180 g/mol. The molecule has 0 radical (unpaired) electrons. The first-order valence-electron chi connectivity index (χ1n) is 3.86. The van der Waals surface area contributed by atoms with E-state index in [1.165, 1.54) is 7.11 Å². The van der Waals surface area contributed by atoms with Crippen LogP contribution in [-0.2, 0) is 6.54 Å². The molecule has 1 amide bonds. The Kier molecular flexibility index (Phi) is 2.87. The SMILES string of the molecule is COc1c(CN)cccc1C(N)=O. The molecular weight excluding hydrogens is 168 g/mol. The molecule has 0 aromatic heterocycles. The normalized spacial score (nSPS) is 9.69. The summed E-state index contributed by atoms with van der Waals surface area (Å²) in [4.78, 5) is 11.0. The topological polar surface area (TPSA) is 78.3 Å². The number of carbonyl (C=O) groups excluding carboxylic acids is 1. The molecule has 0 aliphatic heterocycles. The molecule has 0 unspecified atom stereocenters. The summed E-state index contributed by atoms with van der Waals surface area (Å²) >= 11 is 0. The predicted octanol–water partition coefficient (Wildman–Crippen LogP) is 0.253. The van der Waals surface area contributed by atoms with Crippen LogP contribution in [-0.4, -0.2) is 13.0 Å². The van der Waals surface area contributed by atoms with Gasteiger partial charge in [0.25, 0.3) is 5.91 Å². The molecule has 0 bridgehead atoms. The predicted molar refractivity (Wildman–Crippen MR) is 49.4 cm³/mol. The van der Waals surface area contributed by atoms with E-state index in [1.807, 2.05) is 0 Å². The lowest BCUT2D eigenvalue weighted by atomic mass is 10.1. The van der Waals surface area contributed by atoms with E-state index in [0.717, 1.165) is 5.56 Å². The molecule has 13 heavy (non-hydrogen) atoms. The standard InChI is InChI=1S/C9H12N2O2/c1-13-8-6(5-10)3-2-4-7(8)9(11)12/h2-4H,5,10H2,1H3,(H2,11,12). The molecule has 1 aromatic rings. The van der Waals surface area contributed by atoms with Gasteiger partial charge in [0, 0.05) is 12.1 Å². The molecule has 0 aliphatic carbocycles. The molecule has 4 N–H and O–H groups in total. The van der Waals surface area contributed by atoms with Gasteiger partial charge in [-0.15, -0.1) is 0 Å². The average Bonchev–Trinajstić information content (AvgIpc) is 2.16. The van der Waals surface area contributed by atoms with Crippen LogP contribution in [0.4, 0.5) is 0 Å². The number of benzene rings is 1. The minimum absolute atomic E-state index is 0.324. The van der Waals surface area contributed by atoms with Gasteiger partial charge in [0.2, 0.25) is 0 Å². The molecule has 1 aromatic carbocycles. The molecular formula is C9H12N2O2. The van der Waals surface area contributed by atoms with Crippen LogP contribution >= 0.6 is 0 Å². The molecule has 0 atom stereocenters.